The number of halogens is 2. The van der Waals surface area contributed by atoms with Crippen LogP contribution in [0.1, 0.15) is 4.88 Å². The van der Waals surface area contributed by atoms with Gasteiger partial charge in [-0.2, -0.15) is 0 Å². The molecule has 1 aromatic carbocycles. The number of carbonyl (C=O) groups excluding carboxylic acids is 1. The van der Waals surface area contributed by atoms with Crippen molar-refractivity contribution in [2.75, 3.05) is 13.7 Å². The number of hydrogen-bond donors (Lipinski definition) is 0. The van der Waals surface area contributed by atoms with E-state index in [1.165, 1.54) is 29.5 Å². The molecule has 1 amide bonds. The molecular weight excluding hydrogens is 301 g/mol. The van der Waals surface area contributed by atoms with Crippen LogP contribution in [0.3, 0.4) is 0 Å². The van der Waals surface area contributed by atoms with E-state index in [1.54, 1.807) is 24.1 Å². The first kappa shape index (κ1) is 14.8. The van der Waals surface area contributed by atoms with Gasteiger partial charge < -0.3 is 9.64 Å². The Kier molecular flexibility index (Phi) is 4.98. The maximum absolute atomic E-state index is 13.0. The van der Waals surface area contributed by atoms with Gasteiger partial charge in [0, 0.05) is 18.0 Å². The highest BCUT2D eigenvalue weighted by Crippen LogP contribution is 2.22. The molecule has 20 heavy (non-hydrogen) atoms. The van der Waals surface area contributed by atoms with Crippen molar-refractivity contribution in [3.63, 3.8) is 0 Å². The van der Waals surface area contributed by atoms with Crippen LogP contribution < -0.4 is 4.74 Å². The molecule has 2 aromatic rings. The SMILES string of the molecule is CN(Cc1ccc(Cl)s1)C(=O)COc1cccc(F)c1. The van der Waals surface area contributed by atoms with Crippen LogP contribution in [0.4, 0.5) is 4.39 Å². The average molecular weight is 314 g/mol. The second-order valence-corrected chi connectivity index (χ2v) is 6.00. The Balaban J connectivity index is 1.85. The van der Waals surface area contributed by atoms with E-state index in [1.807, 2.05) is 6.07 Å². The number of benzene rings is 1. The summed E-state index contributed by atoms with van der Waals surface area (Å²) in [5, 5.41) is 0. The number of nitrogens with zero attached hydrogens (tertiary/aromatic N) is 1. The summed E-state index contributed by atoms with van der Waals surface area (Å²) in [6, 6.07) is 9.38. The van der Waals surface area contributed by atoms with E-state index in [0.717, 1.165) is 4.88 Å². The van der Waals surface area contributed by atoms with Gasteiger partial charge >= 0.3 is 0 Å². The lowest BCUT2D eigenvalue weighted by Gasteiger charge is -2.16. The first-order chi connectivity index (χ1) is 9.54. The van der Waals surface area contributed by atoms with Gasteiger partial charge in [0.1, 0.15) is 11.6 Å². The normalized spacial score (nSPS) is 10.3. The fraction of sp³-hybridized carbons (Fsp3) is 0.214. The lowest BCUT2D eigenvalue weighted by molar-refractivity contribution is -0.132. The topological polar surface area (TPSA) is 29.5 Å². The third kappa shape index (κ3) is 4.21. The molecule has 1 aromatic heterocycles. The van der Waals surface area contributed by atoms with Crippen molar-refractivity contribution in [3.05, 3.63) is 51.4 Å². The predicted octanol–water partition coefficient (Wildman–Crippen LogP) is 3.58. The first-order valence-electron chi connectivity index (χ1n) is 5.91. The summed E-state index contributed by atoms with van der Waals surface area (Å²) in [6.07, 6.45) is 0. The highest BCUT2D eigenvalue weighted by Gasteiger charge is 2.11. The van der Waals surface area contributed by atoms with Gasteiger partial charge in [-0.1, -0.05) is 17.7 Å². The summed E-state index contributed by atoms with van der Waals surface area (Å²) in [6.45, 7) is 0.349. The van der Waals surface area contributed by atoms with Gasteiger partial charge in [0.25, 0.3) is 5.91 Å². The fourth-order valence-electron chi connectivity index (χ4n) is 1.57. The van der Waals surface area contributed by atoms with Gasteiger partial charge in [0.15, 0.2) is 6.61 Å². The largest absolute Gasteiger partial charge is 0.484 e. The third-order valence-corrected chi connectivity index (χ3v) is 3.82. The molecule has 3 nitrogen and oxygen atoms in total. The van der Waals surface area contributed by atoms with E-state index >= 15 is 0 Å². The van der Waals surface area contributed by atoms with Crippen molar-refractivity contribution in [1.82, 2.24) is 4.90 Å². The minimum atomic E-state index is -0.392. The van der Waals surface area contributed by atoms with E-state index in [4.69, 9.17) is 16.3 Å². The second kappa shape index (κ2) is 6.72. The van der Waals surface area contributed by atoms with Crippen LogP contribution in [-0.2, 0) is 11.3 Å². The van der Waals surface area contributed by atoms with E-state index in [9.17, 15) is 9.18 Å². The lowest BCUT2D eigenvalue weighted by atomic mass is 10.3. The van der Waals surface area contributed by atoms with E-state index in [2.05, 4.69) is 0 Å². The first-order valence-corrected chi connectivity index (χ1v) is 7.10. The van der Waals surface area contributed by atoms with Crippen LogP contribution in [0.15, 0.2) is 36.4 Å². The molecule has 1 heterocycles. The Labute approximate surface area is 125 Å². The van der Waals surface area contributed by atoms with Crippen LogP contribution in [0.25, 0.3) is 0 Å². The standard InChI is InChI=1S/C14H13ClFNO2S/c1-17(8-12-5-6-13(15)20-12)14(18)9-19-11-4-2-3-10(16)7-11/h2-7H,8-9H2,1H3. The Hall–Kier alpha value is -1.59. The van der Waals surface area contributed by atoms with Crippen LogP contribution in [-0.4, -0.2) is 24.5 Å². The molecule has 2 rings (SSSR count). The number of ether oxygens (including phenoxy) is 1. The number of rotatable bonds is 5. The van der Waals surface area contributed by atoms with Crippen molar-refractivity contribution >= 4 is 28.8 Å². The molecule has 0 aliphatic heterocycles. The number of carbonyl (C=O) groups is 1. The van der Waals surface area contributed by atoms with Gasteiger partial charge in [-0.25, -0.2) is 4.39 Å². The molecule has 0 saturated carbocycles. The maximum atomic E-state index is 13.0. The summed E-state index contributed by atoms with van der Waals surface area (Å²) in [7, 11) is 1.69. The number of thiophene rings is 1. The molecule has 106 valence electrons. The molecule has 0 aliphatic carbocycles. The molecule has 0 radical (unpaired) electrons. The van der Waals surface area contributed by atoms with Gasteiger partial charge in [-0.15, -0.1) is 11.3 Å². The van der Waals surface area contributed by atoms with Gasteiger partial charge in [0.05, 0.1) is 10.9 Å². The second-order valence-electron chi connectivity index (χ2n) is 4.20. The zero-order valence-corrected chi connectivity index (χ0v) is 12.4. The molecule has 6 heteroatoms. The maximum Gasteiger partial charge on any atom is 0.260 e. The lowest BCUT2D eigenvalue weighted by Crippen LogP contribution is -2.30. The quantitative estimate of drug-likeness (QED) is 0.844. The Morgan fingerprint density at radius 3 is 2.85 bits per heavy atom. The predicted molar refractivity (Wildman–Crippen MR) is 77.7 cm³/mol. The molecular formula is C14H13ClFNO2S. The van der Waals surface area contributed by atoms with Gasteiger partial charge in [0.2, 0.25) is 0 Å². The summed E-state index contributed by atoms with van der Waals surface area (Å²) in [5.41, 5.74) is 0. The average Bonchev–Trinajstić information content (AvgIpc) is 2.81. The molecule has 0 unspecified atom stereocenters. The van der Waals surface area contributed by atoms with Crippen molar-refractivity contribution < 1.29 is 13.9 Å². The van der Waals surface area contributed by atoms with Crippen LogP contribution in [0.5, 0.6) is 5.75 Å². The molecule has 0 fully saturated rings. The molecule has 0 aliphatic rings. The summed E-state index contributed by atoms with van der Waals surface area (Å²) >= 11 is 7.27. The van der Waals surface area contributed by atoms with Crippen molar-refractivity contribution in [2.24, 2.45) is 0 Å². The van der Waals surface area contributed by atoms with Crippen LogP contribution in [0, 0.1) is 5.82 Å². The molecule has 0 N–H and O–H groups in total. The zero-order chi connectivity index (χ0) is 14.5. The van der Waals surface area contributed by atoms with E-state index < -0.39 is 5.82 Å². The van der Waals surface area contributed by atoms with Crippen LogP contribution >= 0.6 is 22.9 Å². The van der Waals surface area contributed by atoms with Gasteiger partial charge in [-0.3, -0.25) is 4.79 Å². The fourth-order valence-corrected chi connectivity index (χ4v) is 2.71. The minimum absolute atomic E-state index is 0.126. The Bertz CT molecular complexity index is 602. The van der Waals surface area contributed by atoms with Crippen molar-refractivity contribution in [2.45, 2.75) is 6.54 Å². The monoisotopic (exact) mass is 313 g/mol. The summed E-state index contributed by atoms with van der Waals surface area (Å²) < 4.78 is 18.9. The van der Waals surface area contributed by atoms with E-state index in [0.29, 0.717) is 16.6 Å². The Morgan fingerprint density at radius 2 is 2.20 bits per heavy atom. The number of amides is 1. The van der Waals surface area contributed by atoms with Crippen molar-refractivity contribution in [1.29, 1.82) is 0 Å². The van der Waals surface area contributed by atoms with Crippen molar-refractivity contribution in [3.8, 4) is 5.75 Å². The highest BCUT2D eigenvalue weighted by atomic mass is 35.5. The van der Waals surface area contributed by atoms with Crippen LogP contribution in [0.2, 0.25) is 4.34 Å². The Morgan fingerprint density at radius 1 is 1.40 bits per heavy atom. The molecule has 0 bridgehead atoms. The summed E-state index contributed by atoms with van der Waals surface area (Å²) in [5.74, 6) is -0.235. The molecule has 0 spiro atoms. The molecule has 0 saturated heterocycles. The number of hydrogen-bond acceptors (Lipinski definition) is 3. The van der Waals surface area contributed by atoms with Gasteiger partial charge in [-0.05, 0) is 24.3 Å². The highest BCUT2D eigenvalue weighted by molar-refractivity contribution is 7.16. The number of likely N-dealkylation sites (N-methyl/N-ethyl adjacent to an activating group) is 1. The smallest absolute Gasteiger partial charge is 0.260 e. The minimum Gasteiger partial charge on any atom is -0.484 e. The summed E-state index contributed by atoms with van der Waals surface area (Å²) in [4.78, 5) is 14.4. The third-order valence-electron chi connectivity index (χ3n) is 2.61. The molecule has 0 atom stereocenters. The zero-order valence-electron chi connectivity index (χ0n) is 10.8. The van der Waals surface area contributed by atoms with E-state index in [-0.39, 0.29) is 12.5 Å².